The zero-order valence-electron chi connectivity index (χ0n) is 19.1. The standard InChI is InChI=1S/C26H29N3O5/c1-2-16-34-21-6-4-20(5-7-21)24(30)22-23(19-8-10-27-11-9-19)29(26(32)25(22)31)13-3-12-28-14-17-33-18-15-28/h2,4-11,23,30H,1,3,12-18H2/p+1/t23-/m1/s1. The van der Waals surface area contributed by atoms with Gasteiger partial charge in [0, 0.05) is 30.9 Å². The summed E-state index contributed by atoms with van der Waals surface area (Å²) in [6, 6.07) is 9.65. The van der Waals surface area contributed by atoms with Gasteiger partial charge in [-0.2, -0.15) is 0 Å². The normalized spacial score (nSPS) is 20.5. The third-order valence-electron chi connectivity index (χ3n) is 6.19. The van der Waals surface area contributed by atoms with Crippen molar-refractivity contribution in [1.82, 2.24) is 9.88 Å². The van der Waals surface area contributed by atoms with E-state index in [9.17, 15) is 14.7 Å². The number of benzene rings is 1. The van der Waals surface area contributed by atoms with E-state index in [1.807, 2.05) is 0 Å². The summed E-state index contributed by atoms with van der Waals surface area (Å²) in [5, 5.41) is 11.1. The predicted molar refractivity (Wildman–Crippen MR) is 126 cm³/mol. The van der Waals surface area contributed by atoms with Crippen LogP contribution in [0, 0.1) is 0 Å². The molecule has 1 atom stereocenters. The minimum atomic E-state index is -0.676. The molecule has 2 aliphatic heterocycles. The molecule has 0 aliphatic carbocycles. The van der Waals surface area contributed by atoms with Gasteiger partial charge in [0.15, 0.2) is 0 Å². The van der Waals surface area contributed by atoms with Crippen LogP contribution in [0.1, 0.15) is 23.6 Å². The summed E-state index contributed by atoms with van der Waals surface area (Å²) < 4.78 is 10.9. The highest BCUT2D eigenvalue weighted by molar-refractivity contribution is 6.46. The molecule has 2 aliphatic rings. The van der Waals surface area contributed by atoms with Crippen molar-refractivity contribution in [3.63, 3.8) is 0 Å². The topological polar surface area (TPSA) is 93.4 Å². The van der Waals surface area contributed by atoms with E-state index in [1.54, 1.807) is 59.8 Å². The van der Waals surface area contributed by atoms with Crippen molar-refractivity contribution in [3.05, 3.63) is 78.1 Å². The number of nitrogens with one attached hydrogen (secondary N) is 1. The first-order valence-corrected chi connectivity index (χ1v) is 11.5. The summed E-state index contributed by atoms with van der Waals surface area (Å²) in [6.45, 7) is 8.68. The second kappa shape index (κ2) is 11.1. The highest BCUT2D eigenvalue weighted by Crippen LogP contribution is 2.39. The van der Waals surface area contributed by atoms with E-state index in [1.165, 1.54) is 4.90 Å². The fourth-order valence-corrected chi connectivity index (χ4v) is 4.43. The van der Waals surface area contributed by atoms with Gasteiger partial charge in [0.2, 0.25) is 0 Å². The average Bonchev–Trinajstić information content (AvgIpc) is 3.13. The maximum absolute atomic E-state index is 13.1. The Morgan fingerprint density at radius 2 is 1.88 bits per heavy atom. The van der Waals surface area contributed by atoms with Crippen LogP contribution in [0.5, 0.6) is 5.75 Å². The lowest BCUT2D eigenvalue weighted by molar-refractivity contribution is -0.908. The molecule has 0 radical (unpaired) electrons. The molecule has 4 rings (SSSR count). The molecule has 0 spiro atoms. The summed E-state index contributed by atoms with van der Waals surface area (Å²) in [7, 11) is 0. The number of quaternary nitrogens is 1. The molecule has 1 aromatic heterocycles. The molecule has 1 amide bonds. The number of ketones is 1. The van der Waals surface area contributed by atoms with Crippen molar-refractivity contribution < 1.29 is 29.1 Å². The Bertz CT molecular complexity index is 1050. The number of rotatable bonds is 9. The molecule has 2 saturated heterocycles. The molecule has 2 N–H and O–H groups in total. The molecule has 0 bridgehead atoms. The molecular formula is C26H30N3O5+. The number of hydrogen-bond donors (Lipinski definition) is 2. The van der Waals surface area contributed by atoms with Gasteiger partial charge < -0.3 is 24.4 Å². The zero-order valence-corrected chi connectivity index (χ0v) is 19.1. The van der Waals surface area contributed by atoms with Crippen molar-refractivity contribution >= 4 is 17.4 Å². The van der Waals surface area contributed by atoms with Crippen LogP contribution < -0.4 is 9.64 Å². The second-order valence-electron chi connectivity index (χ2n) is 8.36. The van der Waals surface area contributed by atoms with Crippen LogP contribution in [-0.4, -0.2) is 72.7 Å². The largest absolute Gasteiger partial charge is 0.507 e. The van der Waals surface area contributed by atoms with Gasteiger partial charge in [0.1, 0.15) is 31.2 Å². The third kappa shape index (κ3) is 5.18. The van der Waals surface area contributed by atoms with Gasteiger partial charge in [-0.25, -0.2) is 0 Å². The van der Waals surface area contributed by atoms with E-state index in [-0.39, 0.29) is 11.3 Å². The smallest absolute Gasteiger partial charge is 0.295 e. The van der Waals surface area contributed by atoms with E-state index in [0.29, 0.717) is 24.5 Å². The van der Waals surface area contributed by atoms with Crippen LogP contribution in [0.2, 0.25) is 0 Å². The summed E-state index contributed by atoms with van der Waals surface area (Å²) >= 11 is 0. The number of likely N-dealkylation sites (tertiary alicyclic amines) is 1. The van der Waals surface area contributed by atoms with Crippen LogP contribution in [0.25, 0.3) is 5.76 Å². The summed E-state index contributed by atoms with van der Waals surface area (Å²) in [4.78, 5) is 33.2. The Morgan fingerprint density at radius 3 is 2.56 bits per heavy atom. The summed E-state index contributed by atoms with van der Waals surface area (Å²) in [5.41, 5.74) is 1.27. The molecule has 3 heterocycles. The van der Waals surface area contributed by atoms with E-state index >= 15 is 0 Å². The lowest BCUT2D eigenvalue weighted by Crippen LogP contribution is -3.14. The van der Waals surface area contributed by atoms with Gasteiger partial charge in [-0.1, -0.05) is 12.7 Å². The van der Waals surface area contributed by atoms with Gasteiger partial charge >= 0.3 is 0 Å². The maximum atomic E-state index is 13.1. The number of carbonyl (C=O) groups is 2. The van der Waals surface area contributed by atoms with Crippen LogP contribution in [0.15, 0.2) is 67.0 Å². The molecule has 2 aromatic rings. The summed E-state index contributed by atoms with van der Waals surface area (Å²) in [6.07, 6.45) is 5.64. The number of morpholine rings is 1. The van der Waals surface area contributed by atoms with Crippen LogP contribution in [0.3, 0.4) is 0 Å². The molecule has 0 saturated carbocycles. The van der Waals surface area contributed by atoms with Crippen LogP contribution in [-0.2, 0) is 14.3 Å². The maximum Gasteiger partial charge on any atom is 0.295 e. The SMILES string of the molecule is C=CCOc1ccc(C(O)=C2C(=O)C(=O)N(CCC[NH+]3CCOCC3)[C@@H]2c2ccncc2)cc1. The van der Waals surface area contributed by atoms with E-state index in [4.69, 9.17) is 9.47 Å². The van der Waals surface area contributed by atoms with Gasteiger partial charge in [-0.15, -0.1) is 0 Å². The van der Waals surface area contributed by atoms with Crippen molar-refractivity contribution in [2.24, 2.45) is 0 Å². The fraction of sp³-hybridized carbons (Fsp3) is 0.346. The summed E-state index contributed by atoms with van der Waals surface area (Å²) in [5.74, 6) is -0.846. The van der Waals surface area contributed by atoms with Crippen molar-refractivity contribution in [3.8, 4) is 5.75 Å². The Balaban J connectivity index is 1.61. The molecule has 2 fully saturated rings. The van der Waals surface area contributed by atoms with Crippen LogP contribution >= 0.6 is 0 Å². The van der Waals surface area contributed by atoms with Crippen molar-refractivity contribution in [1.29, 1.82) is 0 Å². The minimum Gasteiger partial charge on any atom is -0.507 e. The monoisotopic (exact) mass is 464 g/mol. The molecule has 0 unspecified atom stereocenters. The molecule has 34 heavy (non-hydrogen) atoms. The van der Waals surface area contributed by atoms with Crippen LogP contribution in [0.4, 0.5) is 0 Å². The predicted octanol–water partition coefficient (Wildman–Crippen LogP) is 1.37. The quantitative estimate of drug-likeness (QED) is 0.252. The Kier molecular flexibility index (Phi) is 7.72. The number of Topliss-reactive ketones (excluding diaryl/α,β-unsaturated/α-hetero) is 1. The average molecular weight is 465 g/mol. The zero-order chi connectivity index (χ0) is 23.9. The highest BCUT2D eigenvalue weighted by Gasteiger charge is 2.45. The highest BCUT2D eigenvalue weighted by atomic mass is 16.5. The Morgan fingerprint density at radius 1 is 1.18 bits per heavy atom. The van der Waals surface area contributed by atoms with Crippen molar-refractivity contribution in [2.75, 3.05) is 46.0 Å². The lowest BCUT2D eigenvalue weighted by atomic mass is 9.96. The number of nitrogens with zero attached hydrogens (tertiary/aromatic N) is 2. The van der Waals surface area contributed by atoms with E-state index in [0.717, 1.165) is 44.8 Å². The molecule has 1 aromatic carbocycles. The van der Waals surface area contributed by atoms with Gasteiger partial charge in [-0.3, -0.25) is 14.6 Å². The first-order valence-electron chi connectivity index (χ1n) is 11.5. The minimum absolute atomic E-state index is 0.0923. The molecule has 8 nitrogen and oxygen atoms in total. The van der Waals surface area contributed by atoms with Gasteiger partial charge in [-0.05, 0) is 42.0 Å². The number of aliphatic hydroxyl groups is 1. The Hall–Kier alpha value is -3.49. The Labute approximate surface area is 199 Å². The van der Waals surface area contributed by atoms with Gasteiger partial charge in [0.25, 0.3) is 11.7 Å². The number of hydrogen-bond acceptors (Lipinski definition) is 6. The number of pyridine rings is 1. The molecule has 8 heteroatoms. The number of ether oxygens (including phenoxy) is 2. The third-order valence-corrected chi connectivity index (χ3v) is 6.19. The number of amides is 1. The van der Waals surface area contributed by atoms with Crippen molar-refractivity contribution in [2.45, 2.75) is 12.5 Å². The fourth-order valence-electron chi connectivity index (χ4n) is 4.43. The lowest BCUT2D eigenvalue weighted by Gasteiger charge is -2.27. The first kappa shape index (κ1) is 23.7. The molecular weight excluding hydrogens is 434 g/mol. The van der Waals surface area contributed by atoms with E-state index < -0.39 is 17.7 Å². The number of aromatic nitrogens is 1. The van der Waals surface area contributed by atoms with Gasteiger partial charge in [0.05, 0.1) is 31.4 Å². The molecule has 178 valence electrons. The van der Waals surface area contributed by atoms with E-state index in [2.05, 4.69) is 11.6 Å². The second-order valence-corrected chi connectivity index (χ2v) is 8.36. The number of aliphatic hydroxyl groups excluding tert-OH is 1. The number of carbonyl (C=O) groups excluding carboxylic acids is 2. The first-order chi connectivity index (χ1) is 16.6.